The fraction of sp³-hybridized carbons (Fsp3) is 0.143. The zero-order valence-corrected chi connectivity index (χ0v) is 12.3. The van der Waals surface area contributed by atoms with Gasteiger partial charge in [-0.3, -0.25) is 5.32 Å². The van der Waals surface area contributed by atoms with E-state index in [1.54, 1.807) is 0 Å². The molecular weight excluding hydrogens is 346 g/mol. The number of hydrogen-bond acceptors (Lipinski definition) is 3. The first-order chi connectivity index (χ1) is 10.1. The lowest BCUT2D eigenvalue weighted by Gasteiger charge is -2.09. The number of ether oxygens (including phenoxy) is 1. The number of alkyl halides is 2. The van der Waals surface area contributed by atoms with Crippen molar-refractivity contribution in [1.29, 1.82) is 0 Å². The molecule has 0 saturated heterocycles. The number of nitrogens with one attached hydrogen (secondary N) is 1. The molecule has 0 aliphatic rings. The smallest absolute Gasteiger partial charge is 0.413 e. The summed E-state index contributed by atoms with van der Waals surface area (Å²) < 4.78 is 30.2. The molecule has 0 aliphatic heterocycles. The molecule has 1 heterocycles. The van der Waals surface area contributed by atoms with Gasteiger partial charge in [-0.05, 0) is 27.6 Å². The third-order valence-corrected chi connectivity index (χ3v) is 3.15. The van der Waals surface area contributed by atoms with Crippen molar-refractivity contribution in [2.75, 3.05) is 5.32 Å². The van der Waals surface area contributed by atoms with Crippen molar-refractivity contribution in [3.63, 3.8) is 0 Å². The summed E-state index contributed by atoms with van der Waals surface area (Å²) in [5.41, 5.74) is 0.609. The summed E-state index contributed by atoms with van der Waals surface area (Å²) in [6.07, 6.45) is -2.33. The summed E-state index contributed by atoms with van der Waals surface area (Å²) in [5, 5.41) is 2.38. The molecular formula is C14H11BrF2N2O2. The molecule has 0 unspecified atom stereocenters. The second-order valence-corrected chi connectivity index (χ2v) is 4.94. The van der Waals surface area contributed by atoms with Crippen LogP contribution in [0.4, 0.5) is 19.4 Å². The van der Waals surface area contributed by atoms with E-state index in [4.69, 9.17) is 4.74 Å². The van der Waals surface area contributed by atoms with E-state index in [2.05, 4.69) is 26.2 Å². The zero-order chi connectivity index (χ0) is 15.2. The van der Waals surface area contributed by atoms with E-state index in [9.17, 15) is 13.6 Å². The fourth-order valence-corrected chi connectivity index (χ4v) is 1.99. The van der Waals surface area contributed by atoms with Crippen molar-refractivity contribution in [2.24, 2.45) is 0 Å². The minimum atomic E-state index is -2.62. The van der Waals surface area contributed by atoms with E-state index < -0.39 is 12.5 Å². The molecule has 0 spiro atoms. The molecule has 0 bridgehead atoms. The van der Waals surface area contributed by atoms with Crippen molar-refractivity contribution in [1.82, 2.24) is 4.98 Å². The quantitative estimate of drug-likeness (QED) is 0.875. The van der Waals surface area contributed by atoms with E-state index in [0.29, 0.717) is 0 Å². The Bertz CT molecular complexity index is 624. The lowest BCUT2D eigenvalue weighted by molar-refractivity contribution is 0.151. The number of aromatic nitrogens is 1. The maximum Gasteiger partial charge on any atom is 0.413 e. The van der Waals surface area contributed by atoms with Gasteiger partial charge in [0, 0.05) is 11.8 Å². The predicted molar refractivity (Wildman–Crippen MR) is 77.1 cm³/mol. The number of pyridine rings is 1. The second kappa shape index (κ2) is 7.12. The maximum atomic E-state index is 12.5. The van der Waals surface area contributed by atoms with Crippen molar-refractivity contribution in [3.8, 4) is 0 Å². The lowest BCUT2D eigenvalue weighted by atomic mass is 10.2. The van der Waals surface area contributed by atoms with Gasteiger partial charge in [0.05, 0.1) is 4.47 Å². The zero-order valence-electron chi connectivity index (χ0n) is 10.7. The van der Waals surface area contributed by atoms with Crippen LogP contribution in [0.15, 0.2) is 47.1 Å². The van der Waals surface area contributed by atoms with Gasteiger partial charge in [0.15, 0.2) is 0 Å². The number of benzene rings is 1. The van der Waals surface area contributed by atoms with Gasteiger partial charge in [-0.25, -0.2) is 18.6 Å². The number of carbonyl (C=O) groups is 1. The van der Waals surface area contributed by atoms with Crippen LogP contribution >= 0.6 is 15.9 Å². The van der Waals surface area contributed by atoms with Crippen LogP contribution in [0, 0.1) is 0 Å². The van der Waals surface area contributed by atoms with Gasteiger partial charge in [-0.2, -0.15) is 0 Å². The Morgan fingerprint density at radius 1 is 1.33 bits per heavy atom. The molecule has 0 atom stereocenters. The second-order valence-electron chi connectivity index (χ2n) is 4.09. The number of halogens is 3. The molecule has 2 aromatic rings. The number of rotatable bonds is 4. The van der Waals surface area contributed by atoms with Crippen LogP contribution in [0.5, 0.6) is 0 Å². The molecule has 0 saturated carbocycles. The number of anilines is 1. The van der Waals surface area contributed by atoms with Crippen molar-refractivity contribution >= 4 is 27.8 Å². The standard InChI is InChI=1S/C14H11BrF2N2O2/c15-11-6-10(12(16)17)7-18-13(11)19-14(20)21-8-9-4-2-1-3-5-9/h1-7,12H,8H2,(H,18,19,20). The van der Waals surface area contributed by atoms with Gasteiger partial charge < -0.3 is 4.74 Å². The normalized spacial score (nSPS) is 10.5. The van der Waals surface area contributed by atoms with E-state index in [-0.39, 0.29) is 22.5 Å². The van der Waals surface area contributed by atoms with Crippen LogP contribution in [0.2, 0.25) is 0 Å². The first-order valence-corrected chi connectivity index (χ1v) is 6.77. The molecule has 1 aromatic carbocycles. The van der Waals surface area contributed by atoms with E-state index >= 15 is 0 Å². The predicted octanol–water partition coefficient (Wildman–Crippen LogP) is 4.53. The number of nitrogens with zero attached hydrogens (tertiary/aromatic N) is 1. The van der Waals surface area contributed by atoms with Crippen LogP contribution in [-0.2, 0) is 11.3 Å². The summed E-state index contributed by atoms with van der Waals surface area (Å²) in [5.74, 6) is 0.123. The van der Waals surface area contributed by atoms with Crippen LogP contribution < -0.4 is 5.32 Å². The Kier molecular flexibility index (Phi) is 5.21. The van der Waals surface area contributed by atoms with Crippen LogP contribution in [0.25, 0.3) is 0 Å². The highest BCUT2D eigenvalue weighted by atomic mass is 79.9. The number of hydrogen-bond donors (Lipinski definition) is 1. The molecule has 0 radical (unpaired) electrons. The Hall–Kier alpha value is -2.02. The average molecular weight is 357 g/mol. The molecule has 2 rings (SSSR count). The van der Waals surface area contributed by atoms with Gasteiger partial charge in [0.2, 0.25) is 0 Å². The summed E-state index contributed by atoms with van der Waals surface area (Å²) in [6, 6.07) is 10.4. The van der Waals surface area contributed by atoms with E-state index in [1.807, 2.05) is 30.3 Å². The summed E-state index contributed by atoms with van der Waals surface area (Å²) in [7, 11) is 0. The largest absolute Gasteiger partial charge is 0.444 e. The third kappa shape index (κ3) is 4.49. The van der Waals surface area contributed by atoms with Gasteiger partial charge in [-0.1, -0.05) is 30.3 Å². The van der Waals surface area contributed by atoms with Crippen LogP contribution in [0.3, 0.4) is 0 Å². The maximum absolute atomic E-state index is 12.5. The molecule has 0 fully saturated rings. The van der Waals surface area contributed by atoms with Gasteiger partial charge in [-0.15, -0.1) is 0 Å². The highest BCUT2D eigenvalue weighted by Crippen LogP contribution is 2.26. The Morgan fingerprint density at radius 3 is 2.67 bits per heavy atom. The molecule has 21 heavy (non-hydrogen) atoms. The average Bonchev–Trinajstić information content (AvgIpc) is 2.48. The van der Waals surface area contributed by atoms with Crippen molar-refractivity contribution in [2.45, 2.75) is 13.0 Å². The highest BCUT2D eigenvalue weighted by Gasteiger charge is 2.13. The summed E-state index contributed by atoms with van der Waals surface area (Å²) >= 11 is 3.07. The molecule has 1 aromatic heterocycles. The Labute approximate surface area is 128 Å². The lowest BCUT2D eigenvalue weighted by Crippen LogP contribution is -2.15. The summed E-state index contributed by atoms with van der Waals surface area (Å²) in [6.45, 7) is 0.111. The molecule has 0 aliphatic carbocycles. The first-order valence-electron chi connectivity index (χ1n) is 5.97. The Balaban J connectivity index is 1.93. The molecule has 4 nitrogen and oxygen atoms in total. The van der Waals surface area contributed by atoms with Crippen molar-refractivity contribution < 1.29 is 18.3 Å². The van der Waals surface area contributed by atoms with E-state index in [1.165, 1.54) is 6.07 Å². The minimum Gasteiger partial charge on any atom is -0.444 e. The molecule has 1 amide bonds. The van der Waals surface area contributed by atoms with Crippen molar-refractivity contribution in [3.05, 3.63) is 58.2 Å². The summed E-state index contributed by atoms with van der Waals surface area (Å²) in [4.78, 5) is 15.4. The van der Waals surface area contributed by atoms with Crippen LogP contribution in [-0.4, -0.2) is 11.1 Å². The van der Waals surface area contributed by atoms with Crippen LogP contribution in [0.1, 0.15) is 17.6 Å². The SMILES string of the molecule is O=C(Nc1ncc(C(F)F)cc1Br)OCc1ccccc1. The van der Waals surface area contributed by atoms with E-state index in [0.717, 1.165) is 11.8 Å². The third-order valence-electron chi connectivity index (χ3n) is 2.55. The topological polar surface area (TPSA) is 51.2 Å². The monoisotopic (exact) mass is 356 g/mol. The van der Waals surface area contributed by atoms with Gasteiger partial charge in [0.25, 0.3) is 6.43 Å². The highest BCUT2D eigenvalue weighted by molar-refractivity contribution is 9.10. The Morgan fingerprint density at radius 2 is 2.05 bits per heavy atom. The molecule has 7 heteroatoms. The fourth-order valence-electron chi connectivity index (χ4n) is 1.52. The first kappa shape index (κ1) is 15.4. The minimum absolute atomic E-state index is 0.111. The molecule has 110 valence electrons. The number of carbonyl (C=O) groups excluding carboxylic acids is 1. The number of amides is 1. The molecule has 1 N–H and O–H groups in total. The van der Waals surface area contributed by atoms with Gasteiger partial charge >= 0.3 is 6.09 Å². The van der Waals surface area contributed by atoms with Gasteiger partial charge in [0.1, 0.15) is 12.4 Å².